The molecular weight excluding hydrogens is 226 g/mol. The smallest absolute Gasteiger partial charge is 0.252 e. The molecule has 0 fully saturated rings. The van der Waals surface area contributed by atoms with Crippen molar-refractivity contribution in [1.82, 2.24) is 9.97 Å². The fraction of sp³-hybridized carbons (Fsp3) is 0.600. The molecule has 1 heterocycles. The predicted molar refractivity (Wildman–Crippen MR) is 66.2 cm³/mol. The van der Waals surface area contributed by atoms with E-state index in [0.29, 0.717) is 17.4 Å². The summed E-state index contributed by atoms with van der Waals surface area (Å²) in [5, 5.41) is 3.11. The van der Waals surface area contributed by atoms with Crippen molar-refractivity contribution in [3.8, 4) is 0 Å². The molecule has 5 nitrogen and oxygen atoms in total. The Labute approximate surface area is 97.1 Å². The molecule has 0 saturated heterocycles. The maximum atomic E-state index is 11.2. The zero-order chi connectivity index (χ0) is 12.1. The molecule has 1 aromatic heterocycles. The van der Waals surface area contributed by atoms with Crippen LogP contribution in [0.2, 0.25) is 0 Å². The summed E-state index contributed by atoms with van der Waals surface area (Å²) in [6.07, 6.45) is 2.47. The van der Waals surface area contributed by atoms with Gasteiger partial charge in [0.25, 0.3) is 5.56 Å². The van der Waals surface area contributed by atoms with Crippen LogP contribution in [0, 0.1) is 6.92 Å². The lowest BCUT2D eigenvalue weighted by Crippen LogP contribution is -2.21. The van der Waals surface area contributed by atoms with Crippen LogP contribution in [-0.2, 0) is 10.8 Å². The molecule has 0 aliphatic rings. The number of H-pyrrole nitrogens is 1. The molecule has 0 radical (unpaired) electrons. The van der Waals surface area contributed by atoms with E-state index in [1.165, 1.54) is 6.07 Å². The van der Waals surface area contributed by atoms with Crippen molar-refractivity contribution in [3.05, 3.63) is 22.2 Å². The van der Waals surface area contributed by atoms with Crippen LogP contribution in [0.15, 0.2) is 10.9 Å². The molecule has 1 aromatic rings. The summed E-state index contributed by atoms with van der Waals surface area (Å²) >= 11 is 0. The van der Waals surface area contributed by atoms with Gasteiger partial charge in [-0.25, -0.2) is 4.98 Å². The molecule has 0 amide bonds. The number of rotatable bonds is 5. The average molecular weight is 243 g/mol. The first kappa shape index (κ1) is 12.9. The number of aryl methyl sites for hydroxylation is 1. The van der Waals surface area contributed by atoms with Gasteiger partial charge in [0, 0.05) is 34.9 Å². The second kappa shape index (κ2) is 5.79. The van der Waals surface area contributed by atoms with E-state index in [2.05, 4.69) is 15.3 Å². The summed E-state index contributed by atoms with van der Waals surface area (Å²) in [5.41, 5.74) is -0.165. The normalized spacial score (nSPS) is 14.4. The Balaban J connectivity index is 2.58. The minimum absolute atomic E-state index is 0.151. The fourth-order valence-electron chi connectivity index (χ4n) is 1.32. The summed E-state index contributed by atoms with van der Waals surface area (Å²) in [6.45, 7) is 3.71. The van der Waals surface area contributed by atoms with Gasteiger partial charge in [0.15, 0.2) is 0 Å². The average Bonchev–Trinajstić information content (AvgIpc) is 2.12. The quantitative estimate of drug-likeness (QED) is 0.796. The van der Waals surface area contributed by atoms with Crippen molar-refractivity contribution in [1.29, 1.82) is 0 Å². The maximum Gasteiger partial charge on any atom is 0.252 e. The van der Waals surface area contributed by atoms with Crippen molar-refractivity contribution < 1.29 is 4.21 Å². The predicted octanol–water partition coefficient (Wildman–Crippen LogP) is 0.647. The summed E-state index contributed by atoms with van der Waals surface area (Å²) < 4.78 is 10.9. The summed E-state index contributed by atoms with van der Waals surface area (Å²) in [5.74, 6) is 1.80. The number of hydrogen-bond acceptors (Lipinski definition) is 4. The Morgan fingerprint density at radius 1 is 1.62 bits per heavy atom. The van der Waals surface area contributed by atoms with Crippen molar-refractivity contribution >= 4 is 16.6 Å². The van der Waals surface area contributed by atoms with E-state index < -0.39 is 10.8 Å². The highest BCUT2D eigenvalue weighted by Gasteiger charge is 2.05. The Hall–Kier alpha value is -1.17. The number of aromatic nitrogens is 2. The maximum absolute atomic E-state index is 11.2. The molecule has 0 aliphatic carbocycles. The highest BCUT2D eigenvalue weighted by atomic mass is 32.2. The number of nitrogens with zero attached hydrogens (tertiary/aromatic N) is 1. The van der Waals surface area contributed by atoms with Crippen molar-refractivity contribution in [2.24, 2.45) is 0 Å². The standard InChI is InChI=1S/C10H17N3O2S/c1-7(4-5-16(3)15)11-9-6-10(14)13-8(2)12-9/h6-7H,4-5H2,1-3H3,(H2,11,12,13,14). The van der Waals surface area contributed by atoms with E-state index in [1.54, 1.807) is 13.2 Å². The van der Waals surface area contributed by atoms with Gasteiger partial charge in [0.05, 0.1) is 0 Å². The molecule has 6 heteroatoms. The lowest BCUT2D eigenvalue weighted by molar-refractivity contribution is 0.678. The molecule has 0 bridgehead atoms. The van der Waals surface area contributed by atoms with Gasteiger partial charge in [-0.1, -0.05) is 0 Å². The molecule has 0 aromatic carbocycles. The van der Waals surface area contributed by atoms with Gasteiger partial charge in [-0.2, -0.15) is 0 Å². The van der Waals surface area contributed by atoms with E-state index in [0.717, 1.165) is 6.42 Å². The van der Waals surface area contributed by atoms with Crippen molar-refractivity contribution in [2.75, 3.05) is 17.3 Å². The van der Waals surface area contributed by atoms with E-state index in [-0.39, 0.29) is 11.6 Å². The minimum atomic E-state index is -0.781. The Kier molecular flexibility index (Phi) is 4.67. The van der Waals surface area contributed by atoms with Crippen LogP contribution in [0.5, 0.6) is 0 Å². The van der Waals surface area contributed by atoms with Gasteiger partial charge in [0.2, 0.25) is 0 Å². The van der Waals surface area contributed by atoms with Crippen molar-refractivity contribution in [3.63, 3.8) is 0 Å². The third-order valence-corrected chi connectivity index (χ3v) is 2.90. The van der Waals surface area contributed by atoms with Gasteiger partial charge in [-0.3, -0.25) is 9.00 Å². The Morgan fingerprint density at radius 2 is 2.31 bits per heavy atom. The monoisotopic (exact) mass is 243 g/mol. The number of aromatic amines is 1. The molecular formula is C10H17N3O2S. The van der Waals surface area contributed by atoms with Crippen LogP contribution >= 0.6 is 0 Å². The lowest BCUT2D eigenvalue weighted by atomic mass is 10.2. The summed E-state index contributed by atoms with van der Waals surface area (Å²) in [6, 6.07) is 1.57. The second-order valence-electron chi connectivity index (χ2n) is 3.83. The van der Waals surface area contributed by atoms with E-state index in [9.17, 15) is 9.00 Å². The SMILES string of the molecule is Cc1nc(NC(C)CCS(C)=O)cc(=O)[nH]1. The Bertz CT molecular complexity index is 430. The number of nitrogens with one attached hydrogen (secondary N) is 2. The van der Waals surface area contributed by atoms with Crippen LogP contribution in [0.3, 0.4) is 0 Å². The zero-order valence-electron chi connectivity index (χ0n) is 9.74. The molecule has 0 saturated carbocycles. The molecule has 0 aliphatic heterocycles. The van der Waals surface area contributed by atoms with Crippen LogP contribution in [-0.4, -0.2) is 32.2 Å². The van der Waals surface area contributed by atoms with Crippen LogP contribution in [0.4, 0.5) is 5.82 Å². The molecule has 1 rings (SSSR count). The van der Waals surface area contributed by atoms with E-state index in [4.69, 9.17) is 0 Å². The lowest BCUT2D eigenvalue weighted by Gasteiger charge is -2.13. The van der Waals surface area contributed by atoms with E-state index >= 15 is 0 Å². The van der Waals surface area contributed by atoms with Gasteiger partial charge in [0.1, 0.15) is 11.6 Å². The highest BCUT2D eigenvalue weighted by Crippen LogP contribution is 2.04. The van der Waals surface area contributed by atoms with Gasteiger partial charge in [-0.15, -0.1) is 0 Å². The zero-order valence-corrected chi connectivity index (χ0v) is 10.6. The summed E-state index contributed by atoms with van der Waals surface area (Å²) in [7, 11) is -0.781. The second-order valence-corrected chi connectivity index (χ2v) is 5.38. The first-order valence-corrected chi connectivity index (χ1v) is 6.84. The molecule has 16 heavy (non-hydrogen) atoms. The fourth-order valence-corrected chi connectivity index (χ4v) is 2.01. The number of hydrogen-bond donors (Lipinski definition) is 2. The first-order valence-electron chi connectivity index (χ1n) is 5.12. The third-order valence-electron chi connectivity index (χ3n) is 2.09. The molecule has 2 atom stereocenters. The molecule has 0 spiro atoms. The molecule has 2 N–H and O–H groups in total. The largest absolute Gasteiger partial charge is 0.367 e. The van der Waals surface area contributed by atoms with Crippen LogP contribution in [0.1, 0.15) is 19.2 Å². The van der Waals surface area contributed by atoms with Crippen LogP contribution in [0.25, 0.3) is 0 Å². The third kappa shape index (κ3) is 4.57. The molecule has 90 valence electrons. The van der Waals surface area contributed by atoms with Gasteiger partial charge < -0.3 is 10.3 Å². The van der Waals surface area contributed by atoms with Gasteiger partial charge in [-0.05, 0) is 20.3 Å². The topological polar surface area (TPSA) is 74.8 Å². The first-order chi connectivity index (χ1) is 7.47. The van der Waals surface area contributed by atoms with E-state index in [1.807, 2.05) is 6.92 Å². The van der Waals surface area contributed by atoms with Gasteiger partial charge >= 0.3 is 0 Å². The highest BCUT2D eigenvalue weighted by molar-refractivity contribution is 7.84. The van der Waals surface area contributed by atoms with Crippen molar-refractivity contribution in [2.45, 2.75) is 26.3 Å². The summed E-state index contributed by atoms with van der Waals surface area (Å²) in [4.78, 5) is 17.9. The molecule has 2 unspecified atom stereocenters. The number of anilines is 1. The Morgan fingerprint density at radius 3 is 2.88 bits per heavy atom. The minimum Gasteiger partial charge on any atom is -0.367 e. The van der Waals surface area contributed by atoms with Crippen LogP contribution < -0.4 is 10.9 Å².